The van der Waals surface area contributed by atoms with Gasteiger partial charge in [0, 0.05) is 6.20 Å². The van der Waals surface area contributed by atoms with Gasteiger partial charge in [0.2, 0.25) is 0 Å². The van der Waals surface area contributed by atoms with E-state index in [-0.39, 0.29) is 12.2 Å². The van der Waals surface area contributed by atoms with Crippen molar-refractivity contribution < 1.29 is 4.74 Å². The number of rotatable bonds is 5. The van der Waals surface area contributed by atoms with Crippen LogP contribution in [0.3, 0.4) is 0 Å². The molecule has 3 aromatic rings. The molecule has 1 atom stereocenters. The number of pyridine rings is 1. The van der Waals surface area contributed by atoms with Gasteiger partial charge in [-0.05, 0) is 36.1 Å². The third-order valence-corrected chi connectivity index (χ3v) is 3.99. The minimum atomic E-state index is -0.178. The molecule has 1 N–H and O–H groups in total. The fourth-order valence-corrected chi connectivity index (χ4v) is 2.39. The molecule has 2 aromatic heterocycles. The molecule has 0 fully saturated rings. The van der Waals surface area contributed by atoms with E-state index in [1.165, 1.54) is 5.56 Å². The number of nitrogens with zero attached hydrogens (tertiary/aromatic N) is 2. The third-order valence-electron chi connectivity index (χ3n) is 3.99. The minimum Gasteiger partial charge on any atom is -0.486 e. The van der Waals surface area contributed by atoms with Crippen LogP contribution in [0.2, 0.25) is 0 Å². The van der Waals surface area contributed by atoms with Crippen LogP contribution in [0.1, 0.15) is 37.6 Å². The number of aromatic nitrogens is 3. The summed E-state index contributed by atoms with van der Waals surface area (Å²) in [6.45, 7) is 4.59. The molecule has 1 unspecified atom stereocenters. The van der Waals surface area contributed by atoms with Crippen molar-refractivity contribution in [1.29, 1.82) is 0 Å². The molecule has 0 amide bonds. The zero-order valence-corrected chi connectivity index (χ0v) is 13.2. The highest BCUT2D eigenvalue weighted by atomic mass is 16.5. The Morgan fingerprint density at radius 1 is 1.22 bits per heavy atom. The van der Waals surface area contributed by atoms with E-state index in [1.54, 1.807) is 18.5 Å². The largest absolute Gasteiger partial charge is 0.486 e. The molecule has 0 aliphatic heterocycles. The molecule has 5 nitrogen and oxygen atoms in total. The summed E-state index contributed by atoms with van der Waals surface area (Å²) in [7, 11) is 0. The standard InChI is InChI=1S/C18H19N3O2/c1-3-12(2)13-4-6-14(7-5-13)23-11-17-20-16-10-19-9-8-15(16)18(22)21-17/h4-10,12H,3,11H2,1-2H3,(H,20,21,22). The molecule has 23 heavy (non-hydrogen) atoms. The average molecular weight is 309 g/mol. The van der Waals surface area contributed by atoms with Crippen molar-refractivity contribution in [3.63, 3.8) is 0 Å². The van der Waals surface area contributed by atoms with Crippen LogP contribution in [0.4, 0.5) is 0 Å². The van der Waals surface area contributed by atoms with Crippen molar-refractivity contribution in [2.45, 2.75) is 32.8 Å². The average Bonchev–Trinajstić information content (AvgIpc) is 2.60. The smallest absolute Gasteiger partial charge is 0.258 e. The molecule has 0 aliphatic carbocycles. The van der Waals surface area contributed by atoms with Crippen LogP contribution < -0.4 is 10.3 Å². The summed E-state index contributed by atoms with van der Waals surface area (Å²) in [5.41, 5.74) is 1.69. The highest BCUT2D eigenvalue weighted by Gasteiger charge is 2.06. The normalized spacial score (nSPS) is 12.3. The molecule has 1 aromatic carbocycles. The summed E-state index contributed by atoms with van der Waals surface area (Å²) >= 11 is 0. The van der Waals surface area contributed by atoms with Gasteiger partial charge in [-0.25, -0.2) is 4.98 Å². The summed E-state index contributed by atoms with van der Waals surface area (Å²) in [5.74, 6) is 1.78. The Morgan fingerprint density at radius 3 is 2.74 bits per heavy atom. The molecule has 118 valence electrons. The maximum absolute atomic E-state index is 12.0. The molecular weight excluding hydrogens is 290 g/mol. The van der Waals surface area contributed by atoms with Crippen molar-refractivity contribution in [2.24, 2.45) is 0 Å². The predicted octanol–water partition coefficient (Wildman–Crippen LogP) is 3.41. The van der Waals surface area contributed by atoms with Crippen LogP contribution in [-0.4, -0.2) is 15.0 Å². The highest BCUT2D eigenvalue weighted by Crippen LogP contribution is 2.21. The lowest BCUT2D eigenvalue weighted by Crippen LogP contribution is -2.13. The van der Waals surface area contributed by atoms with E-state index in [0.29, 0.717) is 22.6 Å². The zero-order chi connectivity index (χ0) is 16.2. The Labute approximate surface area is 134 Å². The number of fused-ring (bicyclic) bond motifs is 1. The Balaban J connectivity index is 1.74. The Kier molecular flexibility index (Phi) is 4.37. The Hall–Kier alpha value is -2.69. The molecule has 2 heterocycles. The fraction of sp³-hybridized carbons (Fsp3) is 0.278. The van der Waals surface area contributed by atoms with Gasteiger partial charge >= 0.3 is 0 Å². The number of nitrogens with one attached hydrogen (secondary N) is 1. The molecule has 3 rings (SSSR count). The van der Waals surface area contributed by atoms with Crippen molar-refractivity contribution in [2.75, 3.05) is 0 Å². The SMILES string of the molecule is CCC(C)c1ccc(OCc2nc3cnccc3c(=O)[nH]2)cc1. The second-order valence-electron chi connectivity index (χ2n) is 5.57. The first kappa shape index (κ1) is 15.2. The summed E-state index contributed by atoms with van der Waals surface area (Å²) in [6.07, 6.45) is 4.26. The number of aromatic amines is 1. The van der Waals surface area contributed by atoms with Crippen LogP contribution >= 0.6 is 0 Å². The maximum Gasteiger partial charge on any atom is 0.258 e. The van der Waals surface area contributed by atoms with Gasteiger partial charge in [0.15, 0.2) is 0 Å². The van der Waals surface area contributed by atoms with E-state index in [1.807, 2.05) is 12.1 Å². The first-order valence-electron chi connectivity index (χ1n) is 7.73. The second-order valence-corrected chi connectivity index (χ2v) is 5.57. The quantitative estimate of drug-likeness (QED) is 0.784. The predicted molar refractivity (Wildman–Crippen MR) is 89.6 cm³/mol. The van der Waals surface area contributed by atoms with E-state index >= 15 is 0 Å². The van der Waals surface area contributed by atoms with Gasteiger partial charge < -0.3 is 9.72 Å². The van der Waals surface area contributed by atoms with Crippen LogP contribution in [0.15, 0.2) is 47.5 Å². The van der Waals surface area contributed by atoms with Gasteiger partial charge in [-0.1, -0.05) is 26.0 Å². The Morgan fingerprint density at radius 2 is 2.00 bits per heavy atom. The van der Waals surface area contributed by atoms with Crippen molar-refractivity contribution in [1.82, 2.24) is 15.0 Å². The number of hydrogen-bond acceptors (Lipinski definition) is 4. The maximum atomic E-state index is 12.0. The van der Waals surface area contributed by atoms with Gasteiger partial charge in [0.1, 0.15) is 18.2 Å². The minimum absolute atomic E-state index is 0.178. The number of H-pyrrole nitrogens is 1. The molecule has 0 radical (unpaired) electrons. The Bertz CT molecular complexity index is 856. The molecule has 0 aliphatic rings. The lowest BCUT2D eigenvalue weighted by Gasteiger charge is -2.10. The number of benzene rings is 1. The van der Waals surface area contributed by atoms with Crippen molar-refractivity contribution >= 4 is 10.9 Å². The van der Waals surface area contributed by atoms with E-state index in [4.69, 9.17) is 4.74 Å². The molecule has 5 heteroatoms. The monoisotopic (exact) mass is 309 g/mol. The second kappa shape index (κ2) is 6.60. The molecule has 0 spiro atoms. The highest BCUT2D eigenvalue weighted by molar-refractivity contribution is 5.75. The van der Waals surface area contributed by atoms with Crippen LogP contribution in [0.25, 0.3) is 10.9 Å². The van der Waals surface area contributed by atoms with E-state index in [9.17, 15) is 4.79 Å². The molecular formula is C18H19N3O2. The molecule has 0 saturated carbocycles. The summed E-state index contributed by atoms with van der Waals surface area (Å²) in [6, 6.07) is 9.69. The van der Waals surface area contributed by atoms with Crippen molar-refractivity contribution in [3.05, 3.63) is 64.5 Å². The van der Waals surface area contributed by atoms with Crippen LogP contribution in [0.5, 0.6) is 5.75 Å². The van der Waals surface area contributed by atoms with Crippen LogP contribution in [-0.2, 0) is 6.61 Å². The van der Waals surface area contributed by atoms with E-state index in [0.717, 1.165) is 12.2 Å². The van der Waals surface area contributed by atoms with Gasteiger partial charge in [-0.15, -0.1) is 0 Å². The fourth-order valence-electron chi connectivity index (χ4n) is 2.39. The summed E-state index contributed by atoms with van der Waals surface area (Å²) in [5, 5.41) is 0.529. The third kappa shape index (κ3) is 3.39. The first-order chi connectivity index (χ1) is 11.2. The van der Waals surface area contributed by atoms with Gasteiger partial charge in [0.25, 0.3) is 5.56 Å². The van der Waals surface area contributed by atoms with Crippen molar-refractivity contribution in [3.8, 4) is 5.75 Å². The van der Waals surface area contributed by atoms with E-state index in [2.05, 4.69) is 40.9 Å². The lowest BCUT2D eigenvalue weighted by atomic mass is 9.99. The lowest BCUT2D eigenvalue weighted by molar-refractivity contribution is 0.296. The number of hydrogen-bond donors (Lipinski definition) is 1. The van der Waals surface area contributed by atoms with Crippen LogP contribution in [0, 0.1) is 0 Å². The van der Waals surface area contributed by atoms with Gasteiger partial charge in [-0.3, -0.25) is 9.78 Å². The summed E-state index contributed by atoms with van der Waals surface area (Å²) in [4.78, 5) is 23.1. The molecule has 0 bridgehead atoms. The van der Waals surface area contributed by atoms with Gasteiger partial charge in [0.05, 0.1) is 17.1 Å². The van der Waals surface area contributed by atoms with Gasteiger partial charge in [-0.2, -0.15) is 0 Å². The van der Waals surface area contributed by atoms with E-state index < -0.39 is 0 Å². The number of ether oxygens (including phenoxy) is 1. The topological polar surface area (TPSA) is 67.9 Å². The zero-order valence-electron chi connectivity index (χ0n) is 13.2. The first-order valence-corrected chi connectivity index (χ1v) is 7.73. The molecule has 0 saturated heterocycles. The summed E-state index contributed by atoms with van der Waals surface area (Å²) < 4.78 is 5.71.